The van der Waals surface area contributed by atoms with E-state index in [4.69, 9.17) is 5.73 Å². The van der Waals surface area contributed by atoms with Crippen LogP contribution in [0.5, 0.6) is 0 Å². The van der Waals surface area contributed by atoms with Gasteiger partial charge in [0.1, 0.15) is 0 Å². The van der Waals surface area contributed by atoms with Crippen molar-refractivity contribution in [2.75, 3.05) is 0 Å². The minimum atomic E-state index is 0.278. The van der Waals surface area contributed by atoms with Gasteiger partial charge in [-0.05, 0) is 29.9 Å². The molecule has 1 aliphatic rings. The molecule has 1 fully saturated rings. The molecule has 14 heavy (non-hydrogen) atoms. The van der Waals surface area contributed by atoms with Crippen molar-refractivity contribution in [1.29, 1.82) is 0 Å². The number of hydrogen-bond acceptors (Lipinski definition) is 2. The van der Waals surface area contributed by atoms with Crippen molar-refractivity contribution < 1.29 is 0 Å². The van der Waals surface area contributed by atoms with E-state index in [0.717, 1.165) is 12.1 Å². The highest BCUT2D eigenvalue weighted by atomic mass is 14.8. The summed E-state index contributed by atoms with van der Waals surface area (Å²) in [5, 5.41) is 0. The molecule has 2 rings (SSSR count). The van der Waals surface area contributed by atoms with Crippen LogP contribution in [0, 0.1) is 11.3 Å². The van der Waals surface area contributed by atoms with Gasteiger partial charge in [-0.2, -0.15) is 0 Å². The summed E-state index contributed by atoms with van der Waals surface area (Å²) in [7, 11) is 0. The Labute approximate surface area is 85.5 Å². The van der Waals surface area contributed by atoms with Gasteiger partial charge in [0.05, 0.1) is 0 Å². The van der Waals surface area contributed by atoms with Crippen molar-refractivity contribution in [3.8, 4) is 0 Å². The van der Waals surface area contributed by atoms with E-state index >= 15 is 0 Å². The molecule has 0 aliphatic heterocycles. The molecule has 1 aliphatic carbocycles. The van der Waals surface area contributed by atoms with Gasteiger partial charge in [0.25, 0.3) is 0 Å². The lowest BCUT2D eigenvalue weighted by Gasteiger charge is -2.12. The first-order chi connectivity index (χ1) is 6.59. The van der Waals surface area contributed by atoms with Crippen molar-refractivity contribution in [3.63, 3.8) is 0 Å². The van der Waals surface area contributed by atoms with Gasteiger partial charge in [-0.3, -0.25) is 4.98 Å². The van der Waals surface area contributed by atoms with Crippen LogP contribution in [0.1, 0.15) is 26.0 Å². The van der Waals surface area contributed by atoms with Gasteiger partial charge >= 0.3 is 0 Å². The molecule has 2 unspecified atom stereocenters. The van der Waals surface area contributed by atoms with Crippen molar-refractivity contribution in [3.05, 3.63) is 30.1 Å². The van der Waals surface area contributed by atoms with Crippen LogP contribution in [0.3, 0.4) is 0 Å². The van der Waals surface area contributed by atoms with E-state index in [1.807, 2.05) is 18.3 Å². The number of hydrogen-bond donors (Lipinski definition) is 1. The predicted octanol–water partition coefficient (Wildman–Crippen LogP) is 2.00. The predicted molar refractivity (Wildman–Crippen MR) is 57.8 cm³/mol. The summed E-state index contributed by atoms with van der Waals surface area (Å²) < 4.78 is 0. The third-order valence-electron chi connectivity index (χ3n) is 3.28. The van der Waals surface area contributed by atoms with E-state index in [1.165, 1.54) is 6.42 Å². The van der Waals surface area contributed by atoms with Crippen LogP contribution in [-0.2, 0) is 6.42 Å². The summed E-state index contributed by atoms with van der Waals surface area (Å²) in [6.07, 6.45) is 4.01. The van der Waals surface area contributed by atoms with Gasteiger partial charge in [-0.1, -0.05) is 19.9 Å². The lowest BCUT2D eigenvalue weighted by molar-refractivity contribution is 0.474. The second-order valence-electron chi connectivity index (χ2n) is 4.99. The molecular weight excluding hydrogens is 172 g/mol. The van der Waals surface area contributed by atoms with Crippen LogP contribution in [-0.4, -0.2) is 11.0 Å². The number of aromatic nitrogens is 1. The number of nitrogens with two attached hydrogens (primary N) is 1. The molecule has 2 atom stereocenters. The average molecular weight is 190 g/mol. The minimum absolute atomic E-state index is 0.278. The Morgan fingerprint density at radius 2 is 2.29 bits per heavy atom. The second-order valence-corrected chi connectivity index (χ2v) is 4.99. The van der Waals surface area contributed by atoms with Crippen LogP contribution < -0.4 is 5.73 Å². The second kappa shape index (κ2) is 3.35. The lowest BCUT2D eigenvalue weighted by atomic mass is 10.0. The van der Waals surface area contributed by atoms with Crippen LogP contribution in [0.15, 0.2) is 24.4 Å². The third kappa shape index (κ3) is 1.95. The molecule has 1 saturated carbocycles. The number of nitrogens with zero attached hydrogens (tertiary/aromatic N) is 1. The molecule has 2 heteroatoms. The molecule has 2 N–H and O–H groups in total. The normalized spacial score (nSPS) is 25.8. The first-order valence-corrected chi connectivity index (χ1v) is 5.25. The Balaban J connectivity index is 1.93. The maximum Gasteiger partial charge on any atom is 0.0419 e. The zero-order valence-corrected chi connectivity index (χ0v) is 8.90. The fourth-order valence-electron chi connectivity index (χ4n) is 2.14. The van der Waals surface area contributed by atoms with Crippen LogP contribution >= 0.6 is 0 Å². The monoisotopic (exact) mass is 190 g/mol. The van der Waals surface area contributed by atoms with E-state index in [1.54, 1.807) is 0 Å². The molecule has 0 spiro atoms. The molecule has 1 aromatic rings. The molecule has 76 valence electrons. The van der Waals surface area contributed by atoms with E-state index in [-0.39, 0.29) is 6.04 Å². The molecular formula is C12H18N2. The summed E-state index contributed by atoms with van der Waals surface area (Å²) in [5.74, 6) is 0.685. The van der Waals surface area contributed by atoms with E-state index in [0.29, 0.717) is 11.3 Å². The Hall–Kier alpha value is -0.890. The van der Waals surface area contributed by atoms with Crippen molar-refractivity contribution in [2.45, 2.75) is 32.7 Å². The van der Waals surface area contributed by atoms with Gasteiger partial charge in [0.2, 0.25) is 0 Å². The van der Waals surface area contributed by atoms with Gasteiger partial charge in [-0.15, -0.1) is 0 Å². The van der Waals surface area contributed by atoms with Gasteiger partial charge in [0.15, 0.2) is 0 Å². The standard InChI is InChI=1S/C12H18N2/c1-12(2)8-10(12)11(13)7-9-5-3-4-6-14-9/h3-6,10-11H,7-8,13H2,1-2H3. The van der Waals surface area contributed by atoms with Crippen molar-refractivity contribution >= 4 is 0 Å². The Morgan fingerprint density at radius 1 is 1.57 bits per heavy atom. The smallest absolute Gasteiger partial charge is 0.0419 e. The van der Waals surface area contributed by atoms with Crippen LogP contribution in [0.2, 0.25) is 0 Å². The highest BCUT2D eigenvalue weighted by Gasteiger charge is 2.48. The molecule has 2 nitrogen and oxygen atoms in total. The maximum absolute atomic E-state index is 6.15. The molecule has 1 aromatic heterocycles. The first kappa shape index (κ1) is 9.66. The fraction of sp³-hybridized carbons (Fsp3) is 0.583. The average Bonchev–Trinajstić information content (AvgIpc) is 2.77. The Morgan fingerprint density at radius 3 is 2.79 bits per heavy atom. The van der Waals surface area contributed by atoms with E-state index < -0.39 is 0 Å². The third-order valence-corrected chi connectivity index (χ3v) is 3.28. The topological polar surface area (TPSA) is 38.9 Å². The highest BCUT2D eigenvalue weighted by Crippen LogP contribution is 2.53. The zero-order chi connectivity index (χ0) is 10.2. The molecule has 0 bridgehead atoms. The molecule has 0 amide bonds. The van der Waals surface area contributed by atoms with Gasteiger partial charge in [0, 0.05) is 24.4 Å². The highest BCUT2D eigenvalue weighted by molar-refractivity contribution is 5.09. The Bertz CT molecular complexity index is 305. The summed E-state index contributed by atoms with van der Waals surface area (Å²) in [6.45, 7) is 4.58. The van der Waals surface area contributed by atoms with E-state index in [2.05, 4.69) is 24.9 Å². The SMILES string of the molecule is CC1(C)CC1C(N)Cc1ccccn1. The zero-order valence-electron chi connectivity index (χ0n) is 8.90. The summed E-state index contributed by atoms with van der Waals surface area (Å²) >= 11 is 0. The Kier molecular flexibility index (Phi) is 2.31. The molecule has 1 heterocycles. The van der Waals surface area contributed by atoms with Crippen LogP contribution in [0.4, 0.5) is 0 Å². The van der Waals surface area contributed by atoms with Gasteiger partial charge in [-0.25, -0.2) is 0 Å². The van der Waals surface area contributed by atoms with Crippen LogP contribution in [0.25, 0.3) is 0 Å². The largest absolute Gasteiger partial charge is 0.327 e. The minimum Gasteiger partial charge on any atom is -0.327 e. The first-order valence-electron chi connectivity index (χ1n) is 5.25. The summed E-state index contributed by atoms with van der Waals surface area (Å²) in [6, 6.07) is 6.29. The van der Waals surface area contributed by atoms with Crippen molar-refractivity contribution in [2.24, 2.45) is 17.1 Å². The molecule has 0 aromatic carbocycles. The van der Waals surface area contributed by atoms with Crippen molar-refractivity contribution in [1.82, 2.24) is 4.98 Å². The maximum atomic E-state index is 6.15. The molecule has 0 radical (unpaired) electrons. The van der Waals surface area contributed by atoms with Gasteiger partial charge < -0.3 is 5.73 Å². The fourth-order valence-corrected chi connectivity index (χ4v) is 2.14. The summed E-state index contributed by atoms with van der Waals surface area (Å²) in [5.41, 5.74) is 7.73. The number of pyridine rings is 1. The quantitative estimate of drug-likeness (QED) is 0.791. The molecule has 0 saturated heterocycles. The summed E-state index contributed by atoms with van der Waals surface area (Å²) in [4.78, 5) is 4.30. The lowest BCUT2D eigenvalue weighted by Crippen LogP contribution is -2.27. The van der Waals surface area contributed by atoms with E-state index in [9.17, 15) is 0 Å². The number of rotatable bonds is 3.